The zero-order chi connectivity index (χ0) is 18.7. The van der Waals surface area contributed by atoms with Gasteiger partial charge in [-0.15, -0.1) is 0 Å². The van der Waals surface area contributed by atoms with Gasteiger partial charge in [0, 0.05) is 35.4 Å². The fraction of sp³-hybridized carbons (Fsp3) is 0.0556. The third kappa shape index (κ3) is 3.70. The highest BCUT2D eigenvalue weighted by molar-refractivity contribution is 8.07. The van der Waals surface area contributed by atoms with Gasteiger partial charge in [0.05, 0.1) is 5.56 Å². The van der Waals surface area contributed by atoms with Gasteiger partial charge in [-0.25, -0.2) is 4.98 Å². The first-order valence-corrected chi connectivity index (χ1v) is 9.19. The maximum atomic E-state index is 12.6. The number of sulfonamides is 1. The van der Waals surface area contributed by atoms with E-state index >= 15 is 0 Å². The van der Waals surface area contributed by atoms with Crippen LogP contribution in [0.4, 0.5) is 11.5 Å². The Morgan fingerprint density at radius 1 is 1.12 bits per heavy atom. The number of rotatable bonds is 4. The van der Waals surface area contributed by atoms with Crippen LogP contribution in [0.25, 0.3) is 11.1 Å². The number of aryl methyl sites for hydroxylation is 1. The quantitative estimate of drug-likeness (QED) is 0.483. The summed E-state index contributed by atoms with van der Waals surface area (Å²) >= 11 is 0. The molecule has 2 aromatic heterocycles. The Labute approximate surface area is 151 Å². The van der Waals surface area contributed by atoms with Crippen LogP contribution in [0.1, 0.15) is 11.1 Å². The van der Waals surface area contributed by atoms with E-state index in [2.05, 4.69) is 14.7 Å². The molecule has 1 aromatic carbocycles. The molecule has 0 aliphatic rings. The van der Waals surface area contributed by atoms with Gasteiger partial charge < -0.3 is 5.73 Å². The summed E-state index contributed by atoms with van der Waals surface area (Å²) in [6.07, 6.45) is 4.78. The van der Waals surface area contributed by atoms with E-state index in [1.54, 1.807) is 36.7 Å². The molecule has 0 amide bonds. The standard InChI is InChI=1S/C18H17N5O2S/c1-12-4-2-6-15(8-12)23-26(24,25)18(20)16-9-14(11-22-17(16)19)13-5-3-7-21-10-13/h2-11,20,23H,1H3,(H2,19,22). The number of pyridine rings is 2. The van der Waals surface area contributed by atoms with E-state index < -0.39 is 15.1 Å². The van der Waals surface area contributed by atoms with Crippen molar-refractivity contribution >= 4 is 26.6 Å². The number of aromatic nitrogens is 2. The lowest BCUT2D eigenvalue weighted by molar-refractivity contribution is 0.611. The van der Waals surface area contributed by atoms with E-state index in [1.807, 2.05) is 19.1 Å². The lowest BCUT2D eigenvalue weighted by Gasteiger charge is -2.12. The molecule has 0 spiro atoms. The average molecular weight is 367 g/mol. The van der Waals surface area contributed by atoms with Gasteiger partial charge >= 0.3 is 0 Å². The van der Waals surface area contributed by atoms with E-state index in [0.29, 0.717) is 11.3 Å². The molecule has 4 N–H and O–H groups in total. The lowest BCUT2D eigenvalue weighted by atomic mass is 10.1. The molecule has 0 unspecified atom stereocenters. The molecule has 7 nitrogen and oxygen atoms in total. The molecule has 3 rings (SSSR count). The van der Waals surface area contributed by atoms with E-state index in [-0.39, 0.29) is 11.4 Å². The maximum absolute atomic E-state index is 12.6. The maximum Gasteiger partial charge on any atom is 0.279 e. The van der Waals surface area contributed by atoms with Crippen LogP contribution in [0.5, 0.6) is 0 Å². The predicted molar refractivity (Wildman–Crippen MR) is 102 cm³/mol. The number of hydrogen-bond acceptors (Lipinski definition) is 6. The van der Waals surface area contributed by atoms with Crippen LogP contribution in [-0.4, -0.2) is 23.4 Å². The fourth-order valence-corrected chi connectivity index (χ4v) is 3.40. The van der Waals surface area contributed by atoms with Gasteiger partial charge in [-0.3, -0.25) is 15.1 Å². The minimum atomic E-state index is -4.11. The van der Waals surface area contributed by atoms with Crippen molar-refractivity contribution in [2.75, 3.05) is 10.5 Å². The van der Waals surface area contributed by atoms with Crippen molar-refractivity contribution in [3.05, 3.63) is 72.2 Å². The summed E-state index contributed by atoms with van der Waals surface area (Å²) in [5.74, 6) is -0.0303. The highest BCUT2D eigenvalue weighted by Crippen LogP contribution is 2.23. The van der Waals surface area contributed by atoms with Crippen molar-refractivity contribution in [1.82, 2.24) is 9.97 Å². The Kier molecular flexibility index (Phi) is 4.68. The zero-order valence-electron chi connectivity index (χ0n) is 14.0. The van der Waals surface area contributed by atoms with Gasteiger partial charge in [-0.05, 0) is 36.8 Å². The molecular formula is C18H17N5O2S. The van der Waals surface area contributed by atoms with E-state index in [1.165, 1.54) is 12.3 Å². The molecule has 0 saturated heterocycles. The SMILES string of the molecule is Cc1cccc(NS(=O)(=O)C(=N)c2cc(-c3cccnc3)cnc2N)c1. The van der Waals surface area contributed by atoms with Crippen LogP contribution in [0.2, 0.25) is 0 Å². The van der Waals surface area contributed by atoms with Crippen molar-refractivity contribution in [2.24, 2.45) is 0 Å². The molecule has 0 bridgehead atoms. The Hall–Kier alpha value is -3.26. The van der Waals surface area contributed by atoms with Crippen LogP contribution in [-0.2, 0) is 10.0 Å². The Morgan fingerprint density at radius 3 is 2.62 bits per heavy atom. The number of nitrogens with two attached hydrogens (primary N) is 1. The molecular weight excluding hydrogens is 350 g/mol. The number of nitrogens with one attached hydrogen (secondary N) is 2. The number of benzene rings is 1. The van der Waals surface area contributed by atoms with Gasteiger partial charge in [-0.2, -0.15) is 8.42 Å². The van der Waals surface area contributed by atoms with Crippen LogP contribution < -0.4 is 10.5 Å². The highest BCUT2D eigenvalue weighted by atomic mass is 32.2. The first-order chi connectivity index (χ1) is 12.4. The Balaban J connectivity index is 1.96. The van der Waals surface area contributed by atoms with Crippen LogP contribution in [0.3, 0.4) is 0 Å². The predicted octanol–water partition coefficient (Wildman–Crippen LogP) is 2.80. The molecule has 3 aromatic rings. The van der Waals surface area contributed by atoms with Crippen molar-refractivity contribution in [3.63, 3.8) is 0 Å². The number of anilines is 2. The normalized spacial score (nSPS) is 11.1. The van der Waals surface area contributed by atoms with Gasteiger partial charge in [0.2, 0.25) is 0 Å². The van der Waals surface area contributed by atoms with Crippen molar-refractivity contribution in [3.8, 4) is 11.1 Å². The fourth-order valence-electron chi connectivity index (χ4n) is 2.41. The third-order valence-corrected chi connectivity index (χ3v) is 4.96. The largest absolute Gasteiger partial charge is 0.383 e. The number of hydrogen-bond donors (Lipinski definition) is 3. The lowest BCUT2D eigenvalue weighted by Crippen LogP contribution is -2.24. The summed E-state index contributed by atoms with van der Waals surface area (Å²) in [5, 5.41) is 7.51. The van der Waals surface area contributed by atoms with E-state index in [9.17, 15) is 8.42 Å². The molecule has 132 valence electrons. The summed E-state index contributed by atoms with van der Waals surface area (Å²) in [7, 11) is -4.11. The summed E-state index contributed by atoms with van der Waals surface area (Å²) < 4.78 is 27.6. The smallest absolute Gasteiger partial charge is 0.279 e. The second-order valence-corrected chi connectivity index (χ2v) is 7.32. The van der Waals surface area contributed by atoms with Gasteiger partial charge in [0.15, 0.2) is 5.04 Å². The molecule has 8 heteroatoms. The van der Waals surface area contributed by atoms with Crippen molar-refractivity contribution in [2.45, 2.75) is 6.92 Å². The zero-order valence-corrected chi connectivity index (χ0v) is 14.8. The molecule has 0 radical (unpaired) electrons. The first kappa shape index (κ1) is 17.6. The van der Waals surface area contributed by atoms with Gasteiger partial charge in [0.1, 0.15) is 5.82 Å². The molecule has 0 fully saturated rings. The molecule has 0 aliphatic carbocycles. The molecule has 0 atom stereocenters. The summed E-state index contributed by atoms with van der Waals surface area (Å²) in [6, 6.07) is 12.0. The van der Waals surface area contributed by atoms with Crippen LogP contribution in [0, 0.1) is 12.3 Å². The van der Waals surface area contributed by atoms with Crippen LogP contribution >= 0.6 is 0 Å². The van der Waals surface area contributed by atoms with E-state index in [0.717, 1.165) is 11.1 Å². The topological polar surface area (TPSA) is 122 Å². The summed E-state index contributed by atoms with van der Waals surface area (Å²) in [5.41, 5.74) is 8.51. The second kappa shape index (κ2) is 6.93. The van der Waals surface area contributed by atoms with Crippen molar-refractivity contribution in [1.29, 1.82) is 5.41 Å². The van der Waals surface area contributed by atoms with E-state index in [4.69, 9.17) is 11.1 Å². The molecule has 0 aliphatic heterocycles. The number of nitrogen functional groups attached to an aromatic ring is 1. The second-order valence-electron chi connectivity index (χ2n) is 5.70. The average Bonchev–Trinajstić information content (AvgIpc) is 2.62. The Morgan fingerprint density at radius 2 is 1.92 bits per heavy atom. The van der Waals surface area contributed by atoms with Gasteiger partial charge in [0.25, 0.3) is 10.0 Å². The van der Waals surface area contributed by atoms with Crippen molar-refractivity contribution < 1.29 is 8.42 Å². The van der Waals surface area contributed by atoms with Crippen LogP contribution in [0.15, 0.2) is 61.1 Å². The molecule has 2 heterocycles. The minimum Gasteiger partial charge on any atom is -0.383 e. The number of nitrogens with zero attached hydrogens (tertiary/aromatic N) is 2. The summed E-state index contributed by atoms with van der Waals surface area (Å²) in [4.78, 5) is 8.06. The third-order valence-electron chi connectivity index (χ3n) is 3.70. The minimum absolute atomic E-state index is 0.0303. The molecule has 26 heavy (non-hydrogen) atoms. The highest BCUT2D eigenvalue weighted by Gasteiger charge is 2.23. The van der Waals surface area contributed by atoms with Gasteiger partial charge in [-0.1, -0.05) is 18.2 Å². The summed E-state index contributed by atoms with van der Waals surface area (Å²) in [6.45, 7) is 1.85. The monoisotopic (exact) mass is 367 g/mol. The Bertz CT molecular complexity index is 1070. The first-order valence-electron chi connectivity index (χ1n) is 7.71. The molecule has 0 saturated carbocycles.